The van der Waals surface area contributed by atoms with Gasteiger partial charge in [-0.3, -0.25) is 0 Å². The van der Waals surface area contributed by atoms with Crippen molar-refractivity contribution in [3.63, 3.8) is 0 Å². The van der Waals surface area contributed by atoms with Crippen molar-refractivity contribution < 1.29 is 9.84 Å². The first-order chi connectivity index (χ1) is 9.34. The largest absolute Gasteiger partial charge is 0.390 e. The van der Waals surface area contributed by atoms with Gasteiger partial charge in [-0.1, -0.05) is 71.1 Å². The molecule has 0 spiro atoms. The first-order valence-electron chi connectivity index (χ1n) is 8.64. The molecule has 1 aliphatic heterocycles. The van der Waals surface area contributed by atoms with Gasteiger partial charge in [-0.15, -0.1) is 0 Å². The van der Waals surface area contributed by atoms with Crippen LogP contribution in [0.25, 0.3) is 0 Å². The molecule has 1 fully saturated rings. The monoisotopic (exact) mass is 270 g/mol. The zero-order valence-electron chi connectivity index (χ0n) is 12.9. The van der Waals surface area contributed by atoms with Gasteiger partial charge in [0.1, 0.15) is 0 Å². The predicted octanol–water partition coefficient (Wildman–Crippen LogP) is 4.84. The minimum Gasteiger partial charge on any atom is -0.390 e. The van der Waals surface area contributed by atoms with E-state index in [4.69, 9.17) is 4.74 Å². The molecule has 1 aliphatic rings. The lowest BCUT2D eigenvalue weighted by Gasteiger charge is -2.16. The molecular formula is C17H34O2. The van der Waals surface area contributed by atoms with Gasteiger partial charge in [0.25, 0.3) is 0 Å². The lowest BCUT2D eigenvalue weighted by atomic mass is 10.0. The number of rotatable bonds is 12. The Morgan fingerprint density at radius 3 is 2.05 bits per heavy atom. The van der Waals surface area contributed by atoms with Crippen molar-refractivity contribution in [2.45, 2.75) is 103 Å². The minimum absolute atomic E-state index is 0.138. The maximum absolute atomic E-state index is 9.95. The van der Waals surface area contributed by atoms with Gasteiger partial charge in [-0.25, -0.2) is 0 Å². The van der Waals surface area contributed by atoms with Gasteiger partial charge in [0.05, 0.1) is 12.2 Å². The van der Waals surface area contributed by atoms with Crippen LogP contribution in [-0.2, 0) is 4.74 Å². The molecule has 0 aromatic carbocycles. The van der Waals surface area contributed by atoms with Crippen LogP contribution < -0.4 is 0 Å². The van der Waals surface area contributed by atoms with E-state index in [0.717, 1.165) is 32.3 Å². The highest BCUT2D eigenvalue weighted by Crippen LogP contribution is 2.19. The van der Waals surface area contributed by atoms with Gasteiger partial charge in [-0.05, 0) is 19.3 Å². The van der Waals surface area contributed by atoms with Crippen LogP contribution >= 0.6 is 0 Å². The molecule has 0 bridgehead atoms. The Bertz CT molecular complexity index is 188. The summed E-state index contributed by atoms with van der Waals surface area (Å²) in [5.74, 6) is 0. The summed E-state index contributed by atoms with van der Waals surface area (Å²) in [5, 5.41) is 9.95. The van der Waals surface area contributed by atoms with Crippen molar-refractivity contribution >= 4 is 0 Å². The Morgan fingerprint density at radius 1 is 0.947 bits per heavy atom. The third kappa shape index (κ3) is 8.65. The molecule has 19 heavy (non-hydrogen) atoms. The molecule has 0 aromatic rings. The van der Waals surface area contributed by atoms with E-state index in [-0.39, 0.29) is 12.2 Å². The highest BCUT2D eigenvalue weighted by molar-refractivity contribution is 4.73. The van der Waals surface area contributed by atoms with E-state index in [1.54, 1.807) is 0 Å². The fourth-order valence-electron chi connectivity index (χ4n) is 2.93. The Balaban J connectivity index is 1.78. The van der Waals surface area contributed by atoms with Crippen molar-refractivity contribution in [3.8, 4) is 0 Å². The van der Waals surface area contributed by atoms with Crippen molar-refractivity contribution in [2.75, 3.05) is 6.61 Å². The van der Waals surface area contributed by atoms with Gasteiger partial charge in [0.15, 0.2) is 0 Å². The fourth-order valence-corrected chi connectivity index (χ4v) is 2.93. The lowest BCUT2D eigenvalue weighted by Crippen LogP contribution is -2.24. The third-order valence-electron chi connectivity index (χ3n) is 4.25. The highest BCUT2D eigenvalue weighted by atomic mass is 16.5. The van der Waals surface area contributed by atoms with E-state index < -0.39 is 0 Å². The molecule has 1 heterocycles. The molecule has 2 nitrogen and oxygen atoms in total. The Morgan fingerprint density at radius 2 is 1.53 bits per heavy atom. The number of unbranched alkanes of at least 4 members (excludes halogenated alkanes) is 9. The Kier molecular flexibility index (Phi) is 10.5. The number of hydrogen-bond donors (Lipinski definition) is 1. The second kappa shape index (κ2) is 11.7. The van der Waals surface area contributed by atoms with Crippen molar-refractivity contribution in [2.24, 2.45) is 0 Å². The molecule has 1 N–H and O–H groups in total. The first-order valence-corrected chi connectivity index (χ1v) is 8.64. The van der Waals surface area contributed by atoms with E-state index in [2.05, 4.69) is 6.92 Å². The van der Waals surface area contributed by atoms with E-state index in [1.165, 1.54) is 57.8 Å². The van der Waals surface area contributed by atoms with Crippen LogP contribution in [0.15, 0.2) is 0 Å². The molecule has 0 saturated carbocycles. The van der Waals surface area contributed by atoms with Crippen LogP contribution in [0.1, 0.15) is 90.4 Å². The third-order valence-corrected chi connectivity index (χ3v) is 4.25. The van der Waals surface area contributed by atoms with Crippen molar-refractivity contribution in [1.82, 2.24) is 0 Å². The summed E-state index contributed by atoms with van der Waals surface area (Å²) >= 11 is 0. The summed E-state index contributed by atoms with van der Waals surface area (Å²) in [6, 6.07) is 0. The Labute approximate surface area is 119 Å². The van der Waals surface area contributed by atoms with Crippen LogP contribution in [0.4, 0.5) is 0 Å². The maximum atomic E-state index is 9.95. The van der Waals surface area contributed by atoms with Gasteiger partial charge >= 0.3 is 0 Å². The molecule has 0 radical (unpaired) electrons. The van der Waals surface area contributed by atoms with Crippen LogP contribution in [0, 0.1) is 0 Å². The van der Waals surface area contributed by atoms with Crippen LogP contribution in [0.5, 0.6) is 0 Å². The smallest absolute Gasteiger partial charge is 0.0834 e. The summed E-state index contributed by atoms with van der Waals surface area (Å²) in [7, 11) is 0. The Hall–Kier alpha value is -0.0800. The summed E-state index contributed by atoms with van der Waals surface area (Å²) < 4.78 is 5.51. The molecule has 0 unspecified atom stereocenters. The molecule has 114 valence electrons. The maximum Gasteiger partial charge on any atom is 0.0834 e. The topological polar surface area (TPSA) is 29.5 Å². The molecule has 0 amide bonds. The van der Waals surface area contributed by atoms with E-state index in [0.29, 0.717) is 0 Å². The number of aliphatic hydroxyl groups excluding tert-OH is 1. The molecule has 0 aliphatic carbocycles. The number of ether oxygens (including phenoxy) is 1. The second-order valence-corrected chi connectivity index (χ2v) is 6.09. The van der Waals surface area contributed by atoms with E-state index in [9.17, 15) is 5.11 Å². The van der Waals surface area contributed by atoms with E-state index >= 15 is 0 Å². The van der Waals surface area contributed by atoms with Gasteiger partial charge in [0, 0.05) is 6.61 Å². The summed E-state index contributed by atoms with van der Waals surface area (Å²) in [6.07, 6.45) is 16.6. The highest BCUT2D eigenvalue weighted by Gasteiger charge is 2.23. The molecule has 1 rings (SSSR count). The minimum atomic E-state index is -0.212. The summed E-state index contributed by atoms with van der Waals surface area (Å²) in [6.45, 7) is 3.12. The van der Waals surface area contributed by atoms with Crippen molar-refractivity contribution in [3.05, 3.63) is 0 Å². The van der Waals surface area contributed by atoms with Crippen LogP contribution in [0.2, 0.25) is 0 Å². The molecule has 1 saturated heterocycles. The van der Waals surface area contributed by atoms with Crippen LogP contribution in [0.3, 0.4) is 0 Å². The average Bonchev–Trinajstić information content (AvgIpc) is 2.95. The number of aliphatic hydroxyl groups is 1. The summed E-state index contributed by atoms with van der Waals surface area (Å²) in [4.78, 5) is 0. The predicted molar refractivity (Wildman–Crippen MR) is 81.4 cm³/mol. The molecule has 2 atom stereocenters. The van der Waals surface area contributed by atoms with Gasteiger partial charge in [-0.2, -0.15) is 0 Å². The first kappa shape index (κ1) is 17.0. The van der Waals surface area contributed by atoms with Crippen LogP contribution in [-0.4, -0.2) is 23.9 Å². The molecular weight excluding hydrogens is 236 g/mol. The zero-order chi connectivity index (χ0) is 13.8. The quantitative estimate of drug-likeness (QED) is 0.514. The normalized spacial score (nSPS) is 20.8. The van der Waals surface area contributed by atoms with E-state index in [1.807, 2.05) is 0 Å². The van der Waals surface area contributed by atoms with Gasteiger partial charge in [0.2, 0.25) is 0 Å². The molecule has 2 heteroatoms. The lowest BCUT2D eigenvalue weighted by molar-refractivity contribution is -0.00636. The SMILES string of the molecule is CCCCCCCCCCCC[C@H](O)[C@H]1CCCO1. The van der Waals surface area contributed by atoms with Gasteiger partial charge < -0.3 is 9.84 Å². The standard InChI is InChI=1S/C17H34O2/c1-2-3-4-5-6-7-8-9-10-11-13-16(18)17-14-12-15-19-17/h16-18H,2-15H2,1H3/t16-,17+/m0/s1. The molecule has 0 aromatic heterocycles. The summed E-state index contributed by atoms with van der Waals surface area (Å²) in [5.41, 5.74) is 0. The average molecular weight is 270 g/mol. The van der Waals surface area contributed by atoms with Crippen molar-refractivity contribution in [1.29, 1.82) is 0 Å². The number of hydrogen-bond acceptors (Lipinski definition) is 2. The second-order valence-electron chi connectivity index (χ2n) is 6.09. The fraction of sp³-hybridized carbons (Fsp3) is 1.00. The zero-order valence-corrected chi connectivity index (χ0v) is 12.9.